The number of imidazole rings is 1. The van der Waals surface area contributed by atoms with Crippen molar-refractivity contribution in [3.05, 3.63) is 65.7 Å². The first-order valence-corrected chi connectivity index (χ1v) is 11.3. The molecule has 166 valence electrons. The summed E-state index contributed by atoms with van der Waals surface area (Å²) in [4.78, 5) is 23.6. The van der Waals surface area contributed by atoms with Gasteiger partial charge in [-0.25, -0.2) is 9.97 Å². The summed E-state index contributed by atoms with van der Waals surface area (Å²) < 4.78 is 14.0. The van der Waals surface area contributed by atoms with Crippen LogP contribution in [0.4, 0.5) is 5.13 Å². The second-order valence-corrected chi connectivity index (χ2v) is 8.56. The third kappa shape index (κ3) is 4.87. The maximum Gasteiger partial charge on any atom is 0.266 e. The zero-order valence-corrected chi connectivity index (χ0v) is 19.4. The Morgan fingerprint density at radius 3 is 2.81 bits per heavy atom. The highest BCUT2D eigenvalue weighted by Gasteiger charge is 2.22. The minimum absolute atomic E-state index is 0.0866. The van der Waals surface area contributed by atoms with Crippen molar-refractivity contribution in [3.8, 4) is 11.5 Å². The number of methoxy groups -OCH3 is 1. The molecule has 4 aromatic rings. The lowest BCUT2D eigenvalue weighted by atomic mass is 10.2. The van der Waals surface area contributed by atoms with Gasteiger partial charge in [0.1, 0.15) is 17.0 Å². The van der Waals surface area contributed by atoms with Gasteiger partial charge in [0.25, 0.3) is 5.91 Å². The van der Waals surface area contributed by atoms with Crippen LogP contribution in [0.1, 0.15) is 12.0 Å². The van der Waals surface area contributed by atoms with Crippen LogP contribution in [0.5, 0.6) is 11.5 Å². The fourth-order valence-electron chi connectivity index (χ4n) is 3.31. The summed E-state index contributed by atoms with van der Waals surface area (Å²) in [6, 6.07) is 11.2. The van der Waals surface area contributed by atoms with Gasteiger partial charge in [-0.05, 0) is 37.1 Å². The molecule has 7 nitrogen and oxygen atoms in total. The molecule has 0 N–H and O–H groups in total. The standard InChI is InChI=1S/C23H23ClN4O3S/c1-16-6-3-4-7-18(16)31-14-20(29)28(12-5-11-27-13-10-25-15-27)23-26-21-19(30-2)9-8-17(24)22(21)32-23/h3-4,6-10,13,15H,5,11-12,14H2,1-2H3. The number of aryl methyl sites for hydroxylation is 2. The van der Waals surface area contributed by atoms with E-state index in [0.29, 0.717) is 33.7 Å². The van der Waals surface area contributed by atoms with Crippen molar-refractivity contribution in [2.45, 2.75) is 19.9 Å². The Bertz CT molecular complexity index is 1210. The minimum atomic E-state index is -0.173. The number of thiazole rings is 1. The third-order valence-electron chi connectivity index (χ3n) is 5.00. The number of carbonyl (C=O) groups excluding carboxylic acids is 1. The van der Waals surface area contributed by atoms with Gasteiger partial charge in [0.15, 0.2) is 11.7 Å². The summed E-state index contributed by atoms with van der Waals surface area (Å²) >= 11 is 7.76. The highest BCUT2D eigenvalue weighted by atomic mass is 35.5. The SMILES string of the molecule is COc1ccc(Cl)c2sc(N(CCCn3ccnc3)C(=O)COc3ccccc3C)nc12. The molecule has 2 aromatic carbocycles. The second-order valence-electron chi connectivity index (χ2n) is 7.18. The fourth-order valence-corrected chi connectivity index (χ4v) is 4.61. The summed E-state index contributed by atoms with van der Waals surface area (Å²) in [5.74, 6) is 1.13. The summed E-state index contributed by atoms with van der Waals surface area (Å²) in [7, 11) is 1.59. The lowest BCUT2D eigenvalue weighted by molar-refractivity contribution is -0.120. The number of carbonyl (C=O) groups is 1. The predicted molar refractivity (Wildman–Crippen MR) is 127 cm³/mol. The van der Waals surface area contributed by atoms with Crippen molar-refractivity contribution < 1.29 is 14.3 Å². The van der Waals surface area contributed by atoms with Crippen LogP contribution in [0, 0.1) is 6.92 Å². The minimum Gasteiger partial charge on any atom is -0.494 e. The number of fused-ring (bicyclic) bond motifs is 1. The van der Waals surface area contributed by atoms with Gasteiger partial charge in [0.05, 0.1) is 23.2 Å². The van der Waals surface area contributed by atoms with Crippen LogP contribution in [0.2, 0.25) is 5.02 Å². The largest absolute Gasteiger partial charge is 0.494 e. The highest BCUT2D eigenvalue weighted by molar-refractivity contribution is 7.23. The number of aromatic nitrogens is 3. The van der Waals surface area contributed by atoms with Gasteiger partial charge in [0.2, 0.25) is 0 Å². The molecule has 0 spiro atoms. The summed E-state index contributed by atoms with van der Waals surface area (Å²) in [6.07, 6.45) is 6.12. The number of hydrogen-bond acceptors (Lipinski definition) is 6. The molecule has 0 aliphatic carbocycles. The Hall–Kier alpha value is -3.10. The van der Waals surface area contributed by atoms with Crippen molar-refractivity contribution in [1.82, 2.24) is 14.5 Å². The average molecular weight is 471 g/mol. The molecule has 0 unspecified atom stereocenters. The van der Waals surface area contributed by atoms with Gasteiger partial charge in [-0.15, -0.1) is 0 Å². The summed E-state index contributed by atoms with van der Waals surface area (Å²) in [5, 5.41) is 1.14. The Morgan fingerprint density at radius 1 is 1.22 bits per heavy atom. The zero-order valence-electron chi connectivity index (χ0n) is 17.8. The molecule has 0 saturated heterocycles. The zero-order chi connectivity index (χ0) is 22.5. The van der Waals surface area contributed by atoms with Crippen LogP contribution in [0.25, 0.3) is 10.2 Å². The van der Waals surface area contributed by atoms with Gasteiger partial charge in [-0.3, -0.25) is 9.69 Å². The number of ether oxygens (including phenoxy) is 2. The summed E-state index contributed by atoms with van der Waals surface area (Å²) in [6.45, 7) is 3.08. The van der Waals surface area contributed by atoms with Crippen molar-refractivity contribution in [1.29, 1.82) is 0 Å². The Balaban J connectivity index is 1.58. The molecule has 0 fully saturated rings. The monoisotopic (exact) mass is 470 g/mol. The Kier molecular flexibility index (Phi) is 6.92. The molecular weight excluding hydrogens is 448 g/mol. The first kappa shape index (κ1) is 22.1. The number of benzene rings is 2. The normalized spacial score (nSPS) is 11.0. The lowest BCUT2D eigenvalue weighted by Crippen LogP contribution is -2.36. The molecular formula is C23H23ClN4O3S. The topological polar surface area (TPSA) is 69.5 Å². The van der Waals surface area contributed by atoms with Crippen LogP contribution in [0.15, 0.2) is 55.1 Å². The summed E-state index contributed by atoms with van der Waals surface area (Å²) in [5.41, 5.74) is 1.62. The Labute approximate surface area is 195 Å². The van der Waals surface area contributed by atoms with Gasteiger partial charge in [-0.2, -0.15) is 0 Å². The predicted octanol–water partition coefficient (Wildman–Crippen LogP) is 4.97. The van der Waals surface area contributed by atoms with Crippen LogP contribution in [-0.4, -0.2) is 40.7 Å². The number of rotatable bonds is 9. The van der Waals surface area contributed by atoms with E-state index in [1.54, 1.807) is 36.7 Å². The molecule has 0 saturated carbocycles. The molecule has 0 bridgehead atoms. The first-order valence-electron chi connectivity index (χ1n) is 10.1. The number of anilines is 1. The first-order chi connectivity index (χ1) is 15.6. The van der Waals surface area contributed by atoms with E-state index in [1.807, 2.05) is 42.0 Å². The van der Waals surface area contributed by atoms with Gasteiger partial charge < -0.3 is 14.0 Å². The van der Waals surface area contributed by atoms with Crippen LogP contribution < -0.4 is 14.4 Å². The van der Waals surface area contributed by atoms with Gasteiger partial charge >= 0.3 is 0 Å². The van der Waals surface area contributed by atoms with Crippen molar-refractivity contribution in [3.63, 3.8) is 0 Å². The molecule has 1 amide bonds. The maximum atomic E-state index is 13.2. The maximum absolute atomic E-state index is 13.2. The third-order valence-corrected chi connectivity index (χ3v) is 6.54. The molecule has 0 aliphatic rings. The van der Waals surface area contributed by atoms with Gasteiger partial charge in [-0.1, -0.05) is 41.1 Å². The van der Waals surface area contributed by atoms with Crippen LogP contribution >= 0.6 is 22.9 Å². The lowest BCUT2D eigenvalue weighted by Gasteiger charge is -2.20. The number of amides is 1. The molecule has 0 aliphatic heterocycles. The molecule has 2 aromatic heterocycles. The molecule has 4 rings (SSSR count). The van der Waals surface area contributed by atoms with E-state index in [4.69, 9.17) is 26.1 Å². The fraction of sp³-hybridized carbons (Fsp3) is 0.261. The molecule has 9 heteroatoms. The van der Waals surface area contributed by atoms with Gasteiger partial charge in [0, 0.05) is 25.5 Å². The van der Waals surface area contributed by atoms with E-state index >= 15 is 0 Å². The number of halogens is 1. The van der Waals surface area contributed by atoms with E-state index in [-0.39, 0.29) is 12.5 Å². The van der Waals surface area contributed by atoms with Crippen molar-refractivity contribution >= 4 is 44.2 Å². The molecule has 0 radical (unpaired) electrons. The Morgan fingerprint density at radius 2 is 2.06 bits per heavy atom. The van der Waals surface area contributed by atoms with Crippen LogP contribution in [0.3, 0.4) is 0 Å². The molecule has 32 heavy (non-hydrogen) atoms. The smallest absolute Gasteiger partial charge is 0.266 e. The quantitative estimate of drug-likeness (QED) is 0.345. The van der Waals surface area contributed by atoms with E-state index in [0.717, 1.165) is 23.2 Å². The van der Waals surface area contributed by atoms with E-state index in [1.165, 1.54) is 11.3 Å². The molecule has 0 atom stereocenters. The van der Waals surface area contributed by atoms with E-state index < -0.39 is 0 Å². The van der Waals surface area contributed by atoms with Crippen molar-refractivity contribution in [2.24, 2.45) is 0 Å². The number of nitrogens with zero attached hydrogens (tertiary/aromatic N) is 4. The molecule has 2 heterocycles. The number of hydrogen-bond donors (Lipinski definition) is 0. The van der Waals surface area contributed by atoms with E-state index in [2.05, 4.69) is 4.98 Å². The van der Waals surface area contributed by atoms with Crippen LogP contribution in [-0.2, 0) is 11.3 Å². The van der Waals surface area contributed by atoms with E-state index in [9.17, 15) is 4.79 Å². The number of para-hydroxylation sites is 1. The highest BCUT2D eigenvalue weighted by Crippen LogP contribution is 2.38. The second kappa shape index (κ2) is 10.0. The van der Waals surface area contributed by atoms with Crippen molar-refractivity contribution in [2.75, 3.05) is 25.2 Å². The average Bonchev–Trinajstić information content (AvgIpc) is 3.47.